The molecule has 0 spiro atoms. The third kappa shape index (κ3) is 3.75. The van der Waals surface area contributed by atoms with Crippen LogP contribution in [0.2, 0.25) is 0 Å². The zero-order chi connectivity index (χ0) is 17.2. The lowest BCUT2D eigenvalue weighted by Gasteiger charge is -2.31. The molecule has 2 N–H and O–H groups in total. The molecule has 24 heavy (non-hydrogen) atoms. The van der Waals surface area contributed by atoms with E-state index in [-0.39, 0.29) is 5.41 Å². The maximum Gasteiger partial charge on any atom is 0.142 e. The van der Waals surface area contributed by atoms with Gasteiger partial charge in [-0.1, -0.05) is 32.9 Å². The van der Waals surface area contributed by atoms with E-state index in [1.54, 1.807) is 0 Å². The second-order valence-corrected chi connectivity index (χ2v) is 7.19. The molecule has 3 rings (SSSR count). The maximum absolute atomic E-state index is 5.91. The van der Waals surface area contributed by atoms with Gasteiger partial charge in [0, 0.05) is 5.69 Å². The Kier molecular flexibility index (Phi) is 4.56. The van der Waals surface area contributed by atoms with Gasteiger partial charge in [-0.15, -0.1) is 0 Å². The van der Waals surface area contributed by atoms with Crippen molar-refractivity contribution < 1.29 is 9.47 Å². The predicted molar refractivity (Wildman–Crippen MR) is 99.2 cm³/mol. The van der Waals surface area contributed by atoms with Crippen molar-refractivity contribution in [3.05, 3.63) is 48.0 Å². The van der Waals surface area contributed by atoms with Crippen LogP contribution >= 0.6 is 0 Å². The number of rotatable bonds is 4. The number of hydrogen-bond donors (Lipinski definition) is 1. The molecule has 1 heterocycles. The van der Waals surface area contributed by atoms with Crippen LogP contribution in [0.5, 0.6) is 11.5 Å². The van der Waals surface area contributed by atoms with E-state index in [1.807, 2.05) is 30.3 Å². The molecule has 0 aromatic heterocycles. The number of fused-ring (bicyclic) bond motifs is 1. The predicted octanol–water partition coefficient (Wildman–Crippen LogP) is 3.84. The number of hydrogen-bond acceptors (Lipinski definition) is 4. The molecule has 0 saturated heterocycles. The Hall–Kier alpha value is -2.36. The van der Waals surface area contributed by atoms with Gasteiger partial charge in [-0.05, 0) is 41.3 Å². The van der Waals surface area contributed by atoms with Crippen LogP contribution in [0.1, 0.15) is 26.3 Å². The van der Waals surface area contributed by atoms with E-state index in [4.69, 9.17) is 15.2 Å². The van der Waals surface area contributed by atoms with Crippen molar-refractivity contribution in [3.8, 4) is 11.5 Å². The monoisotopic (exact) mass is 326 g/mol. The summed E-state index contributed by atoms with van der Waals surface area (Å²) >= 11 is 0. The van der Waals surface area contributed by atoms with Crippen LogP contribution in [0.25, 0.3) is 0 Å². The van der Waals surface area contributed by atoms with Crippen molar-refractivity contribution in [2.45, 2.75) is 26.2 Å². The molecule has 128 valence electrons. The molecule has 4 nitrogen and oxygen atoms in total. The highest BCUT2D eigenvalue weighted by Crippen LogP contribution is 2.33. The highest BCUT2D eigenvalue weighted by molar-refractivity contribution is 5.66. The molecular formula is C20H26N2O2. The Balaban J connectivity index is 1.59. The van der Waals surface area contributed by atoms with Gasteiger partial charge in [0.05, 0.1) is 18.8 Å². The third-order valence-corrected chi connectivity index (χ3v) is 4.29. The first-order chi connectivity index (χ1) is 11.4. The van der Waals surface area contributed by atoms with Crippen LogP contribution in [0.15, 0.2) is 42.5 Å². The fraction of sp³-hybridized carbons (Fsp3) is 0.400. The summed E-state index contributed by atoms with van der Waals surface area (Å²) in [6, 6.07) is 14.1. The summed E-state index contributed by atoms with van der Waals surface area (Å²) in [5, 5.41) is 0. The van der Waals surface area contributed by atoms with Gasteiger partial charge in [-0.3, -0.25) is 0 Å². The van der Waals surface area contributed by atoms with E-state index in [1.165, 1.54) is 5.56 Å². The lowest BCUT2D eigenvalue weighted by molar-refractivity contribution is 0.288. The molecule has 0 bridgehead atoms. The molecule has 0 saturated carbocycles. The number of nitrogen functional groups attached to an aromatic ring is 1. The second kappa shape index (κ2) is 6.63. The van der Waals surface area contributed by atoms with E-state index >= 15 is 0 Å². The van der Waals surface area contributed by atoms with Crippen molar-refractivity contribution in [3.63, 3.8) is 0 Å². The Morgan fingerprint density at radius 1 is 1.12 bits per heavy atom. The minimum Gasteiger partial charge on any atom is -0.492 e. The van der Waals surface area contributed by atoms with Crippen molar-refractivity contribution in [2.75, 3.05) is 36.9 Å². The van der Waals surface area contributed by atoms with Gasteiger partial charge in [-0.25, -0.2) is 0 Å². The van der Waals surface area contributed by atoms with Crippen LogP contribution in [0, 0.1) is 0 Å². The number of benzene rings is 2. The summed E-state index contributed by atoms with van der Waals surface area (Å²) in [5.41, 5.74) is 9.18. The first-order valence-corrected chi connectivity index (χ1v) is 8.44. The fourth-order valence-electron chi connectivity index (χ4n) is 2.85. The molecule has 0 fully saturated rings. The third-order valence-electron chi connectivity index (χ3n) is 4.29. The van der Waals surface area contributed by atoms with Crippen LogP contribution in [0.4, 0.5) is 11.4 Å². The van der Waals surface area contributed by atoms with Gasteiger partial charge in [0.1, 0.15) is 24.7 Å². The van der Waals surface area contributed by atoms with Gasteiger partial charge >= 0.3 is 0 Å². The smallest absolute Gasteiger partial charge is 0.142 e. The zero-order valence-electron chi connectivity index (χ0n) is 14.7. The summed E-state index contributed by atoms with van der Waals surface area (Å²) in [5.74, 6) is 1.80. The number of ether oxygens (including phenoxy) is 2. The highest BCUT2D eigenvalue weighted by Gasteiger charge is 2.18. The van der Waals surface area contributed by atoms with Crippen molar-refractivity contribution >= 4 is 11.4 Å². The van der Waals surface area contributed by atoms with Crippen molar-refractivity contribution in [1.82, 2.24) is 0 Å². The normalized spacial score (nSPS) is 14.0. The fourth-order valence-corrected chi connectivity index (χ4v) is 2.85. The second-order valence-electron chi connectivity index (χ2n) is 7.19. The topological polar surface area (TPSA) is 47.7 Å². The average Bonchev–Trinajstić information content (AvgIpc) is 2.55. The first-order valence-electron chi connectivity index (χ1n) is 8.44. The van der Waals surface area contributed by atoms with E-state index in [0.717, 1.165) is 36.0 Å². The molecule has 4 heteroatoms. The molecule has 1 aliphatic rings. The van der Waals surface area contributed by atoms with Crippen LogP contribution < -0.4 is 20.1 Å². The maximum atomic E-state index is 5.91. The van der Waals surface area contributed by atoms with Crippen LogP contribution in [-0.4, -0.2) is 26.3 Å². The van der Waals surface area contributed by atoms with Crippen molar-refractivity contribution in [2.24, 2.45) is 0 Å². The van der Waals surface area contributed by atoms with E-state index in [0.29, 0.717) is 13.2 Å². The SMILES string of the molecule is CC(C)(C)c1ccc(OCCN2CCOc3ccc(N)cc32)cc1. The zero-order valence-corrected chi connectivity index (χ0v) is 14.7. The van der Waals surface area contributed by atoms with E-state index < -0.39 is 0 Å². The Morgan fingerprint density at radius 2 is 1.88 bits per heavy atom. The van der Waals surface area contributed by atoms with Gasteiger partial charge < -0.3 is 20.1 Å². The van der Waals surface area contributed by atoms with Crippen LogP contribution in [-0.2, 0) is 5.41 Å². The van der Waals surface area contributed by atoms with Gasteiger partial charge in [0.25, 0.3) is 0 Å². The summed E-state index contributed by atoms with van der Waals surface area (Å²) in [6.07, 6.45) is 0. The van der Waals surface area contributed by atoms with Gasteiger partial charge in [0.15, 0.2) is 0 Å². The minimum absolute atomic E-state index is 0.163. The van der Waals surface area contributed by atoms with E-state index in [2.05, 4.69) is 37.8 Å². The molecule has 2 aromatic rings. The summed E-state index contributed by atoms with van der Waals surface area (Å²) in [4.78, 5) is 2.26. The first kappa shape index (κ1) is 16.5. The molecule has 0 amide bonds. The lowest BCUT2D eigenvalue weighted by atomic mass is 9.87. The van der Waals surface area contributed by atoms with Gasteiger partial charge in [0.2, 0.25) is 0 Å². The molecule has 2 aromatic carbocycles. The highest BCUT2D eigenvalue weighted by atomic mass is 16.5. The number of nitrogens with two attached hydrogens (primary N) is 1. The Labute approximate surface area is 144 Å². The van der Waals surface area contributed by atoms with Crippen molar-refractivity contribution in [1.29, 1.82) is 0 Å². The van der Waals surface area contributed by atoms with E-state index in [9.17, 15) is 0 Å². The van der Waals surface area contributed by atoms with Crippen LogP contribution in [0.3, 0.4) is 0 Å². The lowest BCUT2D eigenvalue weighted by Crippen LogP contribution is -2.35. The quantitative estimate of drug-likeness (QED) is 0.867. The van der Waals surface area contributed by atoms with Gasteiger partial charge in [-0.2, -0.15) is 0 Å². The largest absolute Gasteiger partial charge is 0.492 e. The number of anilines is 2. The summed E-state index contributed by atoms with van der Waals surface area (Å²) < 4.78 is 11.6. The standard InChI is InChI=1S/C20H26N2O2/c1-20(2,3)15-4-7-17(8-5-15)23-12-10-22-11-13-24-19-9-6-16(21)14-18(19)22/h4-9,14H,10-13,21H2,1-3H3. The number of nitrogens with zero attached hydrogens (tertiary/aromatic N) is 1. The molecule has 1 aliphatic heterocycles. The molecule has 0 aliphatic carbocycles. The summed E-state index contributed by atoms with van der Waals surface area (Å²) in [6.45, 7) is 9.61. The molecule has 0 atom stereocenters. The Morgan fingerprint density at radius 3 is 2.58 bits per heavy atom. The molecular weight excluding hydrogens is 300 g/mol. The minimum atomic E-state index is 0.163. The average molecular weight is 326 g/mol. The molecule has 0 unspecified atom stereocenters. The summed E-state index contributed by atoms with van der Waals surface area (Å²) in [7, 11) is 0. The Bertz CT molecular complexity index is 690. The molecule has 0 radical (unpaired) electrons.